The van der Waals surface area contributed by atoms with E-state index in [9.17, 15) is 0 Å². The molecule has 0 amide bonds. The molecule has 0 spiro atoms. The van der Waals surface area contributed by atoms with Crippen LogP contribution in [0.5, 0.6) is 0 Å². The van der Waals surface area contributed by atoms with Crippen LogP contribution in [0.2, 0.25) is 0 Å². The minimum absolute atomic E-state index is 0.195. The van der Waals surface area contributed by atoms with Crippen LogP contribution < -0.4 is 0 Å². The quantitative estimate of drug-likeness (QED) is 0.475. The Hall–Kier alpha value is -0.340. The molecular weight excluding hydrogens is 140 g/mol. The third kappa shape index (κ3) is 3.04. The molecule has 0 aliphatic heterocycles. The molecule has 0 aromatic carbocycles. The van der Waals surface area contributed by atoms with Crippen LogP contribution in [0.1, 0.15) is 32.1 Å². The molecule has 0 heterocycles. The summed E-state index contributed by atoms with van der Waals surface area (Å²) in [5.41, 5.74) is 1.37. The lowest BCUT2D eigenvalue weighted by Gasteiger charge is -1.98. The first-order valence-corrected chi connectivity index (χ1v) is 4.31. The summed E-state index contributed by atoms with van der Waals surface area (Å²) in [5.74, 6) is 0. The number of aliphatic hydroxyl groups excluding tert-OH is 2. The lowest BCUT2D eigenvalue weighted by Crippen LogP contribution is -1.93. The van der Waals surface area contributed by atoms with Gasteiger partial charge >= 0.3 is 0 Å². The van der Waals surface area contributed by atoms with E-state index in [1.807, 2.05) is 6.08 Å². The van der Waals surface area contributed by atoms with Crippen molar-refractivity contribution in [1.29, 1.82) is 0 Å². The van der Waals surface area contributed by atoms with E-state index in [1.54, 1.807) is 0 Å². The zero-order chi connectivity index (χ0) is 8.10. The number of allylic oxidation sites excluding steroid dienone is 1. The Bertz CT molecular complexity index is 140. The molecule has 2 nitrogen and oxygen atoms in total. The van der Waals surface area contributed by atoms with Crippen LogP contribution in [0.3, 0.4) is 0 Å². The van der Waals surface area contributed by atoms with Crippen LogP contribution in [0.25, 0.3) is 0 Å². The van der Waals surface area contributed by atoms with Crippen molar-refractivity contribution in [2.24, 2.45) is 0 Å². The predicted octanol–water partition coefficient (Wildman–Crippen LogP) is 1.23. The van der Waals surface area contributed by atoms with Gasteiger partial charge in [-0.05, 0) is 32.1 Å². The fraction of sp³-hybridized carbons (Fsp3) is 0.778. The minimum Gasteiger partial charge on any atom is -0.396 e. The van der Waals surface area contributed by atoms with E-state index in [-0.39, 0.29) is 12.7 Å². The van der Waals surface area contributed by atoms with E-state index in [4.69, 9.17) is 10.2 Å². The zero-order valence-electron chi connectivity index (χ0n) is 6.79. The lowest BCUT2D eigenvalue weighted by atomic mass is 10.1. The Balaban J connectivity index is 2.12. The van der Waals surface area contributed by atoms with E-state index in [2.05, 4.69) is 0 Å². The van der Waals surface area contributed by atoms with Gasteiger partial charge in [0.2, 0.25) is 0 Å². The summed E-state index contributed by atoms with van der Waals surface area (Å²) < 4.78 is 0. The van der Waals surface area contributed by atoms with Gasteiger partial charge in [0.1, 0.15) is 0 Å². The number of aliphatic hydroxyl groups is 2. The molecule has 0 aromatic rings. The van der Waals surface area contributed by atoms with Crippen molar-refractivity contribution >= 4 is 0 Å². The third-order valence-corrected chi connectivity index (χ3v) is 2.10. The standard InChI is InChI=1S/C9H16O2/c10-6-2-1-3-8-4-5-9(11)7-8/h7,9-11H,1-6H2. The monoisotopic (exact) mass is 156 g/mol. The van der Waals surface area contributed by atoms with E-state index in [0.29, 0.717) is 0 Å². The molecule has 1 unspecified atom stereocenters. The Morgan fingerprint density at radius 2 is 2.27 bits per heavy atom. The third-order valence-electron chi connectivity index (χ3n) is 2.10. The summed E-state index contributed by atoms with van der Waals surface area (Å²) in [5, 5.41) is 17.7. The highest BCUT2D eigenvalue weighted by Crippen LogP contribution is 2.22. The molecular formula is C9H16O2. The van der Waals surface area contributed by atoms with Crippen LogP contribution in [0.15, 0.2) is 11.6 Å². The second-order valence-electron chi connectivity index (χ2n) is 3.11. The summed E-state index contributed by atoms with van der Waals surface area (Å²) in [6.45, 7) is 0.288. The van der Waals surface area contributed by atoms with Crippen molar-refractivity contribution < 1.29 is 10.2 Å². The van der Waals surface area contributed by atoms with E-state index >= 15 is 0 Å². The summed E-state index contributed by atoms with van der Waals surface area (Å²) in [6.07, 6.45) is 6.69. The van der Waals surface area contributed by atoms with Crippen LogP contribution >= 0.6 is 0 Å². The molecule has 1 aliphatic carbocycles. The Kier molecular flexibility index (Phi) is 3.60. The van der Waals surface area contributed by atoms with Crippen LogP contribution in [0.4, 0.5) is 0 Å². The van der Waals surface area contributed by atoms with Gasteiger partial charge in [-0.3, -0.25) is 0 Å². The average molecular weight is 156 g/mol. The molecule has 11 heavy (non-hydrogen) atoms. The van der Waals surface area contributed by atoms with Crippen molar-refractivity contribution in [2.45, 2.75) is 38.2 Å². The smallest absolute Gasteiger partial charge is 0.0726 e. The average Bonchev–Trinajstić information content (AvgIpc) is 2.37. The van der Waals surface area contributed by atoms with E-state index in [1.165, 1.54) is 5.57 Å². The second-order valence-corrected chi connectivity index (χ2v) is 3.11. The Morgan fingerprint density at radius 1 is 1.45 bits per heavy atom. The first kappa shape index (κ1) is 8.75. The van der Waals surface area contributed by atoms with Gasteiger partial charge < -0.3 is 10.2 Å². The van der Waals surface area contributed by atoms with Crippen LogP contribution in [-0.2, 0) is 0 Å². The molecule has 0 bridgehead atoms. The van der Waals surface area contributed by atoms with Gasteiger partial charge in [-0.1, -0.05) is 11.6 Å². The van der Waals surface area contributed by atoms with Crippen molar-refractivity contribution in [3.05, 3.63) is 11.6 Å². The molecule has 1 rings (SSSR count). The number of rotatable bonds is 4. The van der Waals surface area contributed by atoms with E-state index in [0.717, 1.165) is 32.1 Å². The van der Waals surface area contributed by atoms with Gasteiger partial charge in [0, 0.05) is 6.61 Å². The van der Waals surface area contributed by atoms with Crippen molar-refractivity contribution in [3.8, 4) is 0 Å². The maximum Gasteiger partial charge on any atom is 0.0726 e. The molecule has 1 atom stereocenters. The maximum atomic E-state index is 9.13. The Morgan fingerprint density at radius 3 is 2.82 bits per heavy atom. The summed E-state index contributed by atoms with van der Waals surface area (Å²) >= 11 is 0. The molecule has 64 valence electrons. The number of hydrogen-bond acceptors (Lipinski definition) is 2. The Labute approximate surface area is 67.6 Å². The number of unbranched alkanes of at least 4 members (excludes halogenated alkanes) is 1. The molecule has 0 saturated carbocycles. The van der Waals surface area contributed by atoms with Crippen molar-refractivity contribution in [2.75, 3.05) is 6.61 Å². The normalized spacial score (nSPS) is 23.8. The van der Waals surface area contributed by atoms with Gasteiger partial charge in [-0.2, -0.15) is 0 Å². The van der Waals surface area contributed by atoms with E-state index < -0.39 is 0 Å². The number of hydrogen-bond donors (Lipinski definition) is 2. The van der Waals surface area contributed by atoms with Gasteiger partial charge in [-0.25, -0.2) is 0 Å². The predicted molar refractivity (Wildman–Crippen MR) is 44.3 cm³/mol. The van der Waals surface area contributed by atoms with Crippen molar-refractivity contribution in [3.63, 3.8) is 0 Å². The van der Waals surface area contributed by atoms with Gasteiger partial charge in [0.05, 0.1) is 6.10 Å². The molecule has 0 aromatic heterocycles. The molecule has 2 N–H and O–H groups in total. The van der Waals surface area contributed by atoms with Gasteiger partial charge in [0.15, 0.2) is 0 Å². The lowest BCUT2D eigenvalue weighted by molar-refractivity contribution is 0.223. The second kappa shape index (κ2) is 4.52. The first-order chi connectivity index (χ1) is 5.33. The van der Waals surface area contributed by atoms with Crippen molar-refractivity contribution in [1.82, 2.24) is 0 Å². The maximum absolute atomic E-state index is 9.13. The molecule has 0 saturated heterocycles. The molecule has 2 heteroatoms. The summed E-state index contributed by atoms with van der Waals surface area (Å²) in [4.78, 5) is 0. The fourth-order valence-corrected chi connectivity index (χ4v) is 1.44. The molecule has 1 aliphatic rings. The van der Waals surface area contributed by atoms with Gasteiger partial charge in [-0.15, -0.1) is 0 Å². The van der Waals surface area contributed by atoms with Gasteiger partial charge in [0.25, 0.3) is 0 Å². The highest BCUT2D eigenvalue weighted by molar-refractivity contribution is 5.11. The topological polar surface area (TPSA) is 40.5 Å². The highest BCUT2D eigenvalue weighted by atomic mass is 16.3. The minimum atomic E-state index is -0.195. The largest absolute Gasteiger partial charge is 0.396 e. The van der Waals surface area contributed by atoms with Crippen LogP contribution in [-0.4, -0.2) is 22.9 Å². The highest BCUT2D eigenvalue weighted by Gasteiger charge is 2.11. The first-order valence-electron chi connectivity index (χ1n) is 4.31. The van der Waals surface area contributed by atoms with Crippen LogP contribution in [0, 0.1) is 0 Å². The molecule has 0 radical (unpaired) electrons. The SMILES string of the molecule is OCCCCC1=CC(O)CC1. The summed E-state index contributed by atoms with van der Waals surface area (Å²) in [6, 6.07) is 0. The summed E-state index contributed by atoms with van der Waals surface area (Å²) in [7, 11) is 0. The fourth-order valence-electron chi connectivity index (χ4n) is 1.44. The zero-order valence-corrected chi connectivity index (χ0v) is 6.79. The molecule has 0 fully saturated rings.